The minimum absolute atomic E-state index is 0.0473. The summed E-state index contributed by atoms with van der Waals surface area (Å²) >= 11 is 1.19. The highest BCUT2D eigenvalue weighted by atomic mass is 32.1. The van der Waals surface area contributed by atoms with Gasteiger partial charge in [0, 0.05) is 0 Å². The smallest absolute Gasteiger partial charge is 0.297 e. The number of halogens is 1. The predicted octanol–water partition coefficient (Wildman–Crippen LogP) is 4.10. The summed E-state index contributed by atoms with van der Waals surface area (Å²) in [6.45, 7) is 2.05. The first kappa shape index (κ1) is 17.7. The van der Waals surface area contributed by atoms with Crippen molar-refractivity contribution in [3.8, 4) is 0 Å². The number of anilines is 1. The molecular weight excluding hydrogens is 393 g/mol. The molecule has 4 aromatic rings. The highest BCUT2D eigenvalue weighted by molar-refractivity contribution is 7.13. The van der Waals surface area contributed by atoms with Crippen molar-refractivity contribution in [2.75, 3.05) is 4.90 Å². The number of rotatable bonds is 3. The molecule has 1 amide bonds. The Morgan fingerprint density at radius 3 is 2.66 bits per heavy atom. The van der Waals surface area contributed by atoms with Gasteiger partial charge in [-0.2, -0.15) is 0 Å². The van der Waals surface area contributed by atoms with Crippen molar-refractivity contribution in [3.63, 3.8) is 0 Å². The van der Waals surface area contributed by atoms with Crippen molar-refractivity contribution < 1.29 is 13.6 Å². The van der Waals surface area contributed by atoms with Gasteiger partial charge in [-0.25, -0.2) is 4.39 Å². The summed E-state index contributed by atoms with van der Waals surface area (Å²) in [7, 11) is 0. The van der Waals surface area contributed by atoms with Gasteiger partial charge in [0.2, 0.25) is 10.9 Å². The third kappa shape index (κ3) is 2.67. The normalized spacial score (nSPS) is 15.9. The quantitative estimate of drug-likeness (QED) is 0.511. The summed E-state index contributed by atoms with van der Waals surface area (Å²) in [6, 6.07) is 10.6. The SMILES string of the molecule is CCc1ccc(C2c3c(oc4ccc(F)cc4c3=O)C(=O)N2c2nncs2)cc1. The van der Waals surface area contributed by atoms with E-state index in [1.807, 2.05) is 31.2 Å². The number of nitrogens with zero attached hydrogens (tertiary/aromatic N) is 3. The van der Waals surface area contributed by atoms with Crippen molar-refractivity contribution >= 4 is 33.3 Å². The predicted molar refractivity (Wildman–Crippen MR) is 107 cm³/mol. The molecule has 1 aliphatic heterocycles. The maximum atomic E-state index is 13.8. The molecule has 8 heteroatoms. The minimum Gasteiger partial charge on any atom is -0.450 e. The lowest BCUT2D eigenvalue weighted by molar-refractivity contribution is 0.0970. The average molecular weight is 407 g/mol. The molecule has 0 radical (unpaired) electrons. The maximum absolute atomic E-state index is 13.8. The molecule has 1 aliphatic rings. The summed E-state index contributed by atoms with van der Waals surface area (Å²) < 4.78 is 19.5. The monoisotopic (exact) mass is 407 g/mol. The van der Waals surface area contributed by atoms with E-state index in [0.29, 0.717) is 5.13 Å². The van der Waals surface area contributed by atoms with Crippen LogP contribution in [0.2, 0.25) is 0 Å². The zero-order valence-electron chi connectivity index (χ0n) is 15.3. The lowest BCUT2D eigenvalue weighted by Gasteiger charge is -2.22. The Balaban J connectivity index is 1.80. The summed E-state index contributed by atoms with van der Waals surface area (Å²) in [4.78, 5) is 27.9. The minimum atomic E-state index is -0.722. The number of carbonyl (C=O) groups excluding carboxylic acids is 1. The van der Waals surface area contributed by atoms with Crippen LogP contribution in [0.4, 0.5) is 9.52 Å². The molecule has 1 atom stereocenters. The Hall–Kier alpha value is -3.39. The lowest BCUT2D eigenvalue weighted by atomic mass is 9.97. The zero-order chi connectivity index (χ0) is 20.1. The Morgan fingerprint density at radius 1 is 1.17 bits per heavy atom. The summed E-state index contributed by atoms with van der Waals surface area (Å²) in [5, 5.41) is 8.31. The van der Waals surface area contributed by atoms with Gasteiger partial charge >= 0.3 is 0 Å². The first-order chi connectivity index (χ1) is 14.1. The first-order valence-electron chi connectivity index (χ1n) is 9.03. The molecule has 0 bridgehead atoms. The van der Waals surface area contributed by atoms with Crippen molar-refractivity contribution in [2.45, 2.75) is 19.4 Å². The van der Waals surface area contributed by atoms with Gasteiger partial charge < -0.3 is 4.42 Å². The Labute approximate surface area is 168 Å². The van der Waals surface area contributed by atoms with Crippen molar-refractivity contribution in [3.05, 3.63) is 86.5 Å². The molecule has 3 heterocycles. The van der Waals surface area contributed by atoms with Crippen molar-refractivity contribution in [1.82, 2.24) is 10.2 Å². The lowest BCUT2D eigenvalue weighted by Crippen LogP contribution is -2.29. The fourth-order valence-electron chi connectivity index (χ4n) is 3.67. The largest absolute Gasteiger partial charge is 0.450 e. The zero-order valence-corrected chi connectivity index (χ0v) is 16.1. The first-order valence-corrected chi connectivity index (χ1v) is 9.91. The molecule has 5 rings (SSSR count). The van der Waals surface area contributed by atoms with Crippen LogP contribution in [0.25, 0.3) is 11.0 Å². The van der Waals surface area contributed by atoms with Gasteiger partial charge in [-0.05, 0) is 35.7 Å². The molecule has 0 N–H and O–H groups in total. The number of hydrogen-bond acceptors (Lipinski definition) is 6. The van der Waals surface area contributed by atoms with Gasteiger partial charge in [-0.3, -0.25) is 14.5 Å². The number of carbonyl (C=O) groups is 1. The van der Waals surface area contributed by atoms with Crippen molar-refractivity contribution in [2.24, 2.45) is 0 Å². The number of benzene rings is 2. The van der Waals surface area contributed by atoms with E-state index in [1.54, 1.807) is 0 Å². The Bertz CT molecular complexity index is 1300. The topological polar surface area (TPSA) is 76.3 Å². The van der Waals surface area contributed by atoms with E-state index in [9.17, 15) is 14.0 Å². The molecule has 0 saturated heterocycles. The molecule has 29 heavy (non-hydrogen) atoms. The van der Waals surface area contributed by atoms with E-state index in [0.717, 1.165) is 23.6 Å². The number of amides is 1. The summed E-state index contributed by atoms with van der Waals surface area (Å²) in [6.07, 6.45) is 0.868. The molecule has 0 aliphatic carbocycles. The van der Waals surface area contributed by atoms with Crippen LogP contribution in [0, 0.1) is 5.82 Å². The highest BCUT2D eigenvalue weighted by Crippen LogP contribution is 2.41. The molecule has 6 nitrogen and oxygen atoms in total. The van der Waals surface area contributed by atoms with Crippen LogP contribution in [0.1, 0.15) is 40.2 Å². The van der Waals surface area contributed by atoms with Crippen LogP contribution < -0.4 is 10.3 Å². The number of fused-ring (bicyclic) bond motifs is 2. The summed E-state index contributed by atoms with van der Waals surface area (Å²) in [5.41, 5.74) is 3.33. The molecule has 2 aromatic heterocycles. The molecule has 0 saturated carbocycles. The second-order valence-corrected chi connectivity index (χ2v) is 7.52. The Kier molecular flexibility index (Phi) is 4.02. The van der Waals surface area contributed by atoms with Gasteiger partial charge in [0.05, 0.1) is 17.0 Å². The second-order valence-electron chi connectivity index (χ2n) is 6.71. The van der Waals surface area contributed by atoms with Crippen LogP contribution in [0.3, 0.4) is 0 Å². The van der Waals surface area contributed by atoms with Crippen LogP contribution in [-0.4, -0.2) is 16.1 Å². The van der Waals surface area contributed by atoms with E-state index < -0.39 is 23.2 Å². The van der Waals surface area contributed by atoms with Crippen molar-refractivity contribution in [1.29, 1.82) is 0 Å². The van der Waals surface area contributed by atoms with Gasteiger partial charge in [0.15, 0.2) is 5.43 Å². The van der Waals surface area contributed by atoms with Gasteiger partial charge in [-0.1, -0.05) is 42.5 Å². The van der Waals surface area contributed by atoms with E-state index >= 15 is 0 Å². The third-order valence-corrected chi connectivity index (χ3v) is 5.78. The van der Waals surface area contributed by atoms with Gasteiger partial charge in [0.1, 0.15) is 16.9 Å². The van der Waals surface area contributed by atoms with Gasteiger partial charge in [0.25, 0.3) is 5.91 Å². The fourth-order valence-corrected chi connectivity index (χ4v) is 4.25. The van der Waals surface area contributed by atoms with E-state index in [1.165, 1.54) is 33.9 Å². The molecule has 2 aromatic carbocycles. The summed E-state index contributed by atoms with van der Waals surface area (Å²) in [5.74, 6) is -1.06. The van der Waals surface area contributed by atoms with Crippen LogP contribution >= 0.6 is 11.3 Å². The Morgan fingerprint density at radius 2 is 1.97 bits per heavy atom. The highest BCUT2D eigenvalue weighted by Gasteiger charge is 2.44. The molecular formula is C21H14FN3O3S. The van der Waals surface area contributed by atoms with Crippen LogP contribution in [0.15, 0.2) is 57.2 Å². The van der Waals surface area contributed by atoms with Crippen LogP contribution in [0.5, 0.6) is 0 Å². The second kappa shape index (κ2) is 6.59. The molecule has 0 fully saturated rings. The maximum Gasteiger partial charge on any atom is 0.297 e. The fraction of sp³-hybridized carbons (Fsp3) is 0.143. The van der Waals surface area contributed by atoms with E-state index in [4.69, 9.17) is 4.42 Å². The van der Waals surface area contributed by atoms with Gasteiger partial charge in [-0.15, -0.1) is 10.2 Å². The number of aryl methyl sites for hydroxylation is 1. The van der Waals surface area contributed by atoms with E-state index in [-0.39, 0.29) is 22.3 Å². The van der Waals surface area contributed by atoms with E-state index in [2.05, 4.69) is 10.2 Å². The molecule has 1 unspecified atom stereocenters. The third-order valence-electron chi connectivity index (χ3n) is 5.09. The molecule has 0 spiro atoms. The number of hydrogen-bond donors (Lipinski definition) is 0. The molecule has 144 valence electrons. The van der Waals surface area contributed by atoms with Crippen LogP contribution in [-0.2, 0) is 6.42 Å². The number of aromatic nitrogens is 2. The average Bonchev–Trinajstić information content (AvgIpc) is 3.35. The standard InChI is InChI=1S/C21H14FN3O3S/c1-2-11-3-5-12(6-4-11)17-16-18(26)14-9-13(22)7-8-15(14)28-19(16)20(27)25(17)21-24-23-10-29-21/h3-10,17H,2H2,1H3.